The molecule has 0 saturated heterocycles. The van der Waals surface area contributed by atoms with E-state index in [-0.39, 0.29) is 5.41 Å². The molecular formula is C37H28N2. The van der Waals surface area contributed by atoms with Gasteiger partial charge in [0.1, 0.15) is 0 Å². The lowest BCUT2D eigenvalue weighted by Gasteiger charge is -2.33. The Balaban J connectivity index is 1.51. The van der Waals surface area contributed by atoms with Gasteiger partial charge < -0.3 is 5.73 Å². The summed E-state index contributed by atoms with van der Waals surface area (Å²) in [4.78, 5) is 0. The first-order valence-corrected chi connectivity index (χ1v) is 13.2. The Morgan fingerprint density at radius 1 is 0.667 bits per heavy atom. The zero-order valence-corrected chi connectivity index (χ0v) is 21.6. The molecule has 0 fully saturated rings. The summed E-state index contributed by atoms with van der Waals surface area (Å²) < 4.78 is 0. The normalized spacial score (nSPS) is 13.6. The quantitative estimate of drug-likeness (QED) is 0.185. The predicted molar refractivity (Wildman–Crippen MR) is 160 cm³/mol. The Bertz CT molecular complexity index is 1700. The van der Waals surface area contributed by atoms with E-state index in [9.17, 15) is 5.26 Å². The van der Waals surface area contributed by atoms with Gasteiger partial charge in [0.25, 0.3) is 0 Å². The Kier molecular flexibility index (Phi) is 6.41. The molecule has 0 heterocycles. The van der Waals surface area contributed by atoms with Crippen molar-refractivity contribution in [3.05, 3.63) is 179 Å². The fourth-order valence-electron chi connectivity index (χ4n) is 5.99. The number of nitrogens with two attached hydrogens (primary N) is 1. The number of benzene rings is 5. The summed E-state index contributed by atoms with van der Waals surface area (Å²) in [7, 11) is 0. The van der Waals surface area contributed by atoms with Crippen molar-refractivity contribution in [1.82, 2.24) is 0 Å². The van der Waals surface area contributed by atoms with Crippen LogP contribution in [0.2, 0.25) is 0 Å². The van der Waals surface area contributed by atoms with Crippen molar-refractivity contribution in [1.29, 1.82) is 5.26 Å². The minimum absolute atomic E-state index is 0.385. The number of nitrogens with zero attached hydrogens (tertiary/aromatic N) is 1. The third-order valence-electron chi connectivity index (χ3n) is 7.68. The summed E-state index contributed by atoms with van der Waals surface area (Å²) in [6.45, 7) is 0. The number of allylic oxidation sites excluding steroid dienone is 3. The smallest absolute Gasteiger partial charge is 0.0988 e. The average molecular weight is 501 g/mol. The van der Waals surface area contributed by atoms with E-state index in [4.69, 9.17) is 5.73 Å². The van der Waals surface area contributed by atoms with Crippen molar-refractivity contribution >= 4 is 0 Å². The fourth-order valence-corrected chi connectivity index (χ4v) is 5.99. The lowest BCUT2D eigenvalue weighted by Crippen LogP contribution is -2.28. The van der Waals surface area contributed by atoms with Gasteiger partial charge in [-0.05, 0) is 74.8 Å². The molecule has 0 saturated carbocycles. The first kappa shape index (κ1) is 24.2. The lowest BCUT2D eigenvalue weighted by molar-refractivity contribution is 0.768. The molecule has 2 N–H and O–H groups in total. The first-order chi connectivity index (χ1) is 19.3. The topological polar surface area (TPSA) is 49.8 Å². The van der Waals surface area contributed by atoms with E-state index in [0.717, 1.165) is 11.1 Å². The van der Waals surface area contributed by atoms with Crippen LogP contribution < -0.4 is 5.73 Å². The highest BCUT2D eigenvalue weighted by molar-refractivity contribution is 5.88. The minimum atomic E-state index is -0.385. The molecule has 5 aromatic carbocycles. The van der Waals surface area contributed by atoms with Gasteiger partial charge in [0, 0.05) is 5.57 Å². The van der Waals surface area contributed by atoms with E-state index in [2.05, 4.69) is 133 Å². The van der Waals surface area contributed by atoms with E-state index >= 15 is 0 Å². The molecule has 0 unspecified atom stereocenters. The molecule has 6 rings (SSSR count). The van der Waals surface area contributed by atoms with Crippen molar-refractivity contribution < 1.29 is 0 Å². The number of nitriles is 1. The highest BCUT2D eigenvalue weighted by atomic mass is 14.5. The van der Waals surface area contributed by atoms with Crippen molar-refractivity contribution in [2.45, 2.75) is 11.8 Å². The summed E-state index contributed by atoms with van der Waals surface area (Å²) in [5.41, 5.74) is 16.8. The molecule has 0 spiro atoms. The van der Waals surface area contributed by atoms with Crippen molar-refractivity contribution in [2.75, 3.05) is 0 Å². The Labute approximate surface area is 230 Å². The molecule has 186 valence electrons. The van der Waals surface area contributed by atoms with E-state index in [0.29, 0.717) is 12.0 Å². The van der Waals surface area contributed by atoms with Gasteiger partial charge in [-0.3, -0.25) is 0 Å². The van der Waals surface area contributed by atoms with Crippen molar-refractivity contribution in [3.8, 4) is 28.3 Å². The summed E-state index contributed by atoms with van der Waals surface area (Å²) in [5.74, 6) is 0. The lowest BCUT2D eigenvalue weighted by atomic mass is 9.67. The van der Waals surface area contributed by atoms with Gasteiger partial charge in [-0.1, -0.05) is 127 Å². The van der Waals surface area contributed by atoms with Crippen LogP contribution in [0.4, 0.5) is 0 Å². The van der Waals surface area contributed by atoms with Crippen LogP contribution in [0.1, 0.15) is 27.8 Å². The summed E-state index contributed by atoms with van der Waals surface area (Å²) in [5, 5.41) is 9.32. The highest BCUT2D eigenvalue weighted by Gasteiger charge is 2.45. The van der Waals surface area contributed by atoms with Crippen molar-refractivity contribution in [2.24, 2.45) is 5.73 Å². The van der Waals surface area contributed by atoms with Crippen LogP contribution in [0.25, 0.3) is 22.3 Å². The summed E-state index contributed by atoms with van der Waals surface area (Å²) in [6.07, 6.45) is 5.61. The van der Waals surface area contributed by atoms with E-state index in [1.54, 1.807) is 6.08 Å². The van der Waals surface area contributed by atoms with Gasteiger partial charge in [0.15, 0.2) is 0 Å². The monoisotopic (exact) mass is 500 g/mol. The maximum Gasteiger partial charge on any atom is 0.0988 e. The fraction of sp³-hybridized carbons (Fsp3) is 0.0541. The molecule has 0 aromatic heterocycles. The molecule has 0 bridgehead atoms. The number of hydrogen-bond donors (Lipinski definition) is 1. The minimum Gasteiger partial charge on any atom is -0.405 e. The highest BCUT2D eigenvalue weighted by Crippen LogP contribution is 2.56. The predicted octanol–water partition coefficient (Wildman–Crippen LogP) is 8.18. The summed E-state index contributed by atoms with van der Waals surface area (Å²) in [6, 6.07) is 48.2. The maximum atomic E-state index is 9.32. The summed E-state index contributed by atoms with van der Waals surface area (Å²) >= 11 is 0. The Morgan fingerprint density at radius 2 is 1.31 bits per heavy atom. The van der Waals surface area contributed by atoms with Crippen LogP contribution in [0, 0.1) is 11.3 Å². The largest absolute Gasteiger partial charge is 0.405 e. The molecule has 2 heteroatoms. The molecule has 0 amide bonds. The third-order valence-corrected chi connectivity index (χ3v) is 7.68. The molecule has 2 nitrogen and oxygen atoms in total. The molecule has 0 aliphatic heterocycles. The standard InChI is InChI=1S/C37H28N2/c38-23-22-28(26-39)19-18-27-10-9-11-29(24-27)30-20-21-36-34(25-30)33-16-7-8-17-35(33)37(36,31-12-3-1-4-13-31)32-14-5-2-6-15-32/h1-17,19-25H,18,38H2/b23-22-,28-19+. The van der Waals surface area contributed by atoms with Gasteiger partial charge in [-0.2, -0.15) is 5.26 Å². The van der Waals surface area contributed by atoms with Crippen LogP contribution in [-0.2, 0) is 11.8 Å². The van der Waals surface area contributed by atoms with Crippen LogP contribution in [0.3, 0.4) is 0 Å². The Morgan fingerprint density at radius 3 is 2.00 bits per heavy atom. The number of rotatable bonds is 6. The maximum absolute atomic E-state index is 9.32. The second-order valence-corrected chi connectivity index (χ2v) is 9.82. The van der Waals surface area contributed by atoms with E-state index < -0.39 is 0 Å². The van der Waals surface area contributed by atoms with Crippen LogP contribution in [0.15, 0.2) is 151 Å². The van der Waals surface area contributed by atoms with Gasteiger partial charge >= 0.3 is 0 Å². The average Bonchev–Trinajstić information content (AvgIpc) is 3.31. The van der Waals surface area contributed by atoms with Crippen molar-refractivity contribution in [3.63, 3.8) is 0 Å². The van der Waals surface area contributed by atoms with Crippen LogP contribution >= 0.6 is 0 Å². The second-order valence-electron chi connectivity index (χ2n) is 9.82. The number of hydrogen-bond acceptors (Lipinski definition) is 2. The number of fused-ring (bicyclic) bond motifs is 3. The van der Waals surface area contributed by atoms with E-state index in [1.165, 1.54) is 45.1 Å². The molecular weight excluding hydrogens is 472 g/mol. The van der Waals surface area contributed by atoms with Crippen LogP contribution in [-0.4, -0.2) is 0 Å². The molecule has 1 aliphatic rings. The second kappa shape index (κ2) is 10.3. The zero-order chi connectivity index (χ0) is 26.7. The van der Waals surface area contributed by atoms with E-state index in [1.807, 2.05) is 6.08 Å². The zero-order valence-electron chi connectivity index (χ0n) is 21.6. The van der Waals surface area contributed by atoms with Crippen LogP contribution in [0.5, 0.6) is 0 Å². The molecule has 0 atom stereocenters. The first-order valence-electron chi connectivity index (χ1n) is 13.2. The van der Waals surface area contributed by atoms with Gasteiger partial charge in [0.05, 0.1) is 11.5 Å². The Hall–Kier alpha value is -5.13. The molecule has 0 radical (unpaired) electrons. The molecule has 5 aromatic rings. The molecule has 1 aliphatic carbocycles. The molecule has 39 heavy (non-hydrogen) atoms. The van der Waals surface area contributed by atoms with Gasteiger partial charge in [-0.15, -0.1) is 0 Å². The third kappa shape index (κ3) is 4.15. The SMILES string of the molecule is N#CC(/C=C\N)=C/Cc1cccc(-c2ccc3c(c2)-c2ccccc2C3(c2ccccc2)c2ccccc2)c1. The van der Waals surface area contributed by atoms with Gasteiger partial charge in [-0.25, -0.2) is 0 Å². The van der Waals surface area contributed by atoms with Gasteiger partial charge in [0.2, 0.25) is 0 Å².